The van der Waals surface area contributed by atoms with Crippen molar-refractivity contribution in [2.24, 2.45) is 0 Å². The molecule has 0 saturated heterocycles. The molecule has 0 rings (SSSR count). The Morgan fingerprint density at radius 1 is 1.05 bits per heavy atom. The Kier molecular flexibility index (Phi) is 6.81. The second kappa shape index (κ2) is 6.92. The molecule has 0 aromatic rings. The van der Waals surface area contributed by atoms with Gasteiger partial charge in [0.1, 0.15) is 0 Å². The van der Waals surface area contributed by atoms with Crippen molar-refractivity contribution in [2.75, 3.05) is 0 Å². The standard InChI is InChI=1S/C14H30BNO2Si/c1-11(2)19(12(3)4,13(5)6)14(7,10-16)8-9-15(17)18/h11-13,17-18H,8-9H2,1-7H3. The summed E-state index contributed by atoms with van der Waals surface area (Å²) in [5.41, 5.74) is 1.48. The second-order valence-electron chi connectivity index (χ2n) is 6.86. The van der Waals surface area contributed by atoms with Crippen LogP contribution in [0.2, 0.25) is 28.0 Å². The van der Waals surface area contributed by atoms with Crippen LogP contribution in [-0.2, 0) is 0 Å². The van der Waals surface area contributed by atoms with Gasteiger partial charge in [-0.25, -0.2) is 0 Å². The van der Waals surface area contributed by atoms with Gasteiger partial charge in [0.05, 0.1) is 14.1 Å². The van der Waals surface area contributed by atoms with Gasteiger partial charge < -0.3 is 10.0 Å². The van der Waals surface area contributed by atoms with Crippen LogP contribution in [0, 0.1) is 11.3 Å². The smallest absolute Gasteiger partial charge is 0.427 e. The molecule has 3 nitrogen and oxygen atoms in total. The van der Waals surface area contributed by atoms with Crippen LogP contribution in [0.15, 0.2) is 0 Å². The van der Waals surface area contributed by atoms with E-state index in [2.05, 4.69) is 47.6 Å². The molecule has 0 spiro atoms. The monoisotopic (exact) mass is 283 g/mol. The van der Waals surface area contributed by atoms with Crippen LogP contribution in [0.4, 0.5) is 0 Å². The molecular formula is C14H30BNO2Si. The molecule has 0 amide bonds. The molecule has 5 heteroatoms. The van der Waals surface area contributed by atoms with Gasteiger partial charge in [0.2, 0.25) is 0 Å². The van der Waals surface area contributed by atoms with Crippen molar-refractivity contribution in [3.05, 3.63) is 0 Å². The Morgan fingerprint density at radius 3 is 1.63 bits per heavy atom. The zero-order valence-electron chi connectivity index (χ0n) is 13.6. The van der Waals surface area contributed by atoms with E-state index in [0.29, 0.717) is 23.0 Å². The maximum absolute atomic E-state index is 9.80. The van der Waals surface area contributed by atoms with Gasteiger partial charge >= 0.3 is 7.12 Å². The summed E-state index contributed by atoms with van der Waals surface area (Å²) in [7, 11) is -3.25. The third-order valence-electron chi connectivity index (χ3n) is 4.97. The highest BCUT2D eigenvalue weighted by molar-refractivity contribution is 6.86. The molecule has 1 atom stereocenters. The molecule has 0 radical (unpaired) electrons. The van der Waals surface area contributed by atoms with E-state index in [1.54, 1.807) is 0 Å². The van der Waals surface area contributed by atoms with Crippen molar-refractivity contribution < 1.29 is 10.0 Å². The fourth-order valence-corrected chi connectivity index (χ4v) is 13.3. The number of rotatable bonds is 7. The zero-order chi connectivity index (χ0) is 15.4. The van der Waals surface area contributed by atoms with E-state index in [1.807, 2.05) is 6.92 Å². The quantitative estimate of drug-likeness (QED) is 0.698. The van der Waals surface area contributed by atoms with Gasteiger partial charge in [-0.05, 0) is 36.3 Å². The SMILES string of the molecule is CC(C)[Si](C(C)C)(C(C)C)C(C)(C#N)CCB(O)O. The molecule has 110 valence electrons. The first kappa shape index (κ1) is 18.7. The minimum absolute atomic E-state index is 0.283. The lowest BCUT2D eigenvalue weighted by Crippen LogP contribution is -2.54. The molecule has 0 aliphatic rings. The Balaban J connectivity index is 5.73. The molecule has 0 fully saturated rings. The zero-order valence-corrected chi connectivity index (χ0v) is 14.6. The van der Waals surface area contributed by atoms with Crippen molar-refractivity contribution in [2.45, 2.75) is 82.9 Å². The van der Waals surface area contributed by atoms with Gasteiger partial charge in [0.15, 0.2) is 0 Å². The van der Waals surface area contributed by atoms with Crippen LogP contribution in [0.1, 0.15) is 54.9 Å². The van der Waals surface area contributed by atoms with Gasteiger partial charge in [-0.3, -0.25) is 0 Å². The molecule has 0 aromatic heterocycles. The molecule has 1 unspecified atom stereocenters. The van der Waals surface area contributed by atoms with E-state index in [0.717, 1.165) is 0 Å². The molecule has 0 heterocycles. The van der Waals surface area contributed by atoms with E-state index in [1.165, 1.54) is 0 Å². The third-order valence-corrected chi connectivity index (χ3v) is 13.0. The minimum atomic E-state index is -1.93. The Morgan fingerprint density at radius 2 is 1.42 bits per heavy atom. The van der Waals surface area contributed by atoms with Crippen LogP contribution < -0.4 is 0 Å². The van der Waals surface area contributed by atoms with E-state index in [4.69, 9.17) is 10.0 Å². The molecule has 0 aromatic carbocycles. The summed E-state index contributed by atoms with van der Waals surface area (Å²) in [5, 5.41) is 27.7. The Labute approximate surface area is 120 Å². The number of nitrogens with zero attached hydrogens (tertiary/aromatic N) is 1. The fourth-order valence-electron chi connectivity index (χ4n) is 4.70. The van der Waals surface area contributed by atoms with Gasteiger partial charge in [-0.15, -0.1) is 0 Å². The van der Waals surface area contributed by atoms with Gasteiger partial charge in [-0.2, -0.15) is 5.26 Å². The lowest BCUT2D eigenvalue weighted by Gasteiger charge is -2.52. The molecule has 0 bridgehead atoms. The van der Waals surface area contributed by atoms with Crippen molar-refractivity contribution in [3.63, 3.8) is 0 Å². The maximum atomic E-state index is 9.80. The van der Waals surface area contributed by atoms with Crippen molar-refractivity contribution in [3.8, 4) is 6.07 Å². The Bertz CT molecular complexity index is 304. The summed E-state index contributed by atoms with van der Waals surface area (Å²) in [6, 6.07) is 2.56. The van der Waals surface area contributed by atoms with E-state index in [-0.39, 0.29) is 6.32 Å². The van der Waals surface area contributed by atoms with Crippen LogP contribution in [0.5, 0.6) is 0 Å². The number of hydrogen-bond donors (Lipinski definition) is 2. The first-order valence-corrected chi connectivity index (χ1v) is 9.56. The molecule has 0 aliphatic carbocycles. The summed E-state index contributed by atoms with van der Waals surface area (Å²) in [6.07, 6.45) is 0.854. The summed E-state index contributed by atoms with van der Waals surface area (Å²) in [6.45, 7) is 15.4. The summed E-state index contributed by atoms with van der Waals surface area (Å²) < 4.78 is 0. The Hall–Kier alpha value is -0.308. The van der Waals surface area contributed by atoms with Gasteiger partial charge in [-0.1, -0.05) is 41.5 Å². The molecular weight excluding hydrogens is 253 g/mol. The average Bonchev–Trinajstić information content (AvgIpc) is 2.25. The summed E-state index contributed by atoms with van der Waals surface area (Å²) in [5.74, 6) is 0. The van der Waals surface area contributed by atoms with Crippen molar-refractivity contribution in [1.29, 1.82) is 5.26 Å². The van der Waals surface area contributed by atoms with Crippen LogP contribution >= 0.6 is 0 Å². The van der Waals surface area contributed by atoms with Crippen molar-refractivity contribution >= 4 is 15.2 Å². The van der Waals surface area contributed by atoms with Crippen LogP contribution in [0.25, 0.3) is 0 Å². The number of hydrogen-bond acceptors (Lipinski definition) is 3. The third kappa shape index (κ3) is 3.42. The minimum Gasteiger partial charge on any atom is -0.427 e. The van der Waals surface area contributed by atoms with Crippen molar-refractivity contribution in [1.82, 2.24) is 0 Å². The summed E-state index contributed by atoms with van der Waals surface area (Å²) >= 11 is 0. The second-order valence-corrected chi connectivity index (χ2v) is 13.3. The highest BCUT2D eigenvalue weighted by Crippen LogP contribution is 2.58. The lowest BCUT2D eigenvalue weighted by atomic mass is 9.81. The maximum Gasteiger partial charge on any atom is 0.451 e. The van der Waals surface area contributed by atoms with Crippen LogP contribution in [0.3, 0.4) is 0 Å². The van der Waals surface area contributed by atoms with E-state index in [9.17, 15) is 5.26 Å². The molecule has 19 heavy (non-hydrogen) atoms. The molecule has 0 saturated carbocycles. The van der Waals surface area contributed by atoms with E-state index < -0.39 is 20.2 Å². The highest BCUT2D eigenvalue weighted by Gasteiger charge is 2.56. The largest absolute Gasteiger partial charge is 0.451 e. The normalized spacial score (nSPS) is 15.7. The van der Waals surface area contributed by atoms with Crippen LogP contribution in [-0.4, -0.2) is 25.2 Å². The topological polar surface area (TPSA) is 64.2 Å². The highest BCUT2D eigenvalue weighted by atomic mass is 28.3. The van der Waals surface area contributed by atoms with Gasteiger partial charge in [0.25, 0.3) is 0 Å². The first-order chi connectivity index (χ1) is 8.56. The number of nitriles is 1. The average molecular weight is 283 g/mol. The predicted molar refractivity (Wildman–Crippen MR) is 84.6 cm³/mol. The molecule has 0 aliphatic heterocycles. The fraction of sp³-hybridized carbons (Fsp3) is 0.929. The summed E-state index contributed by atoms with van der Waals surface area (Å²) in [4.78, 5) is 0. The lowest BCUT2D eigenvalue weighted by molar-refractivity contribution is 0.399. The predicted octanol–water partition coefficient (Wildman–Crippen LogP) is 3.81. The molecule has 2 N–H and O–H groups in total. The van der Waals surface area contributed by atoms with Gasteiger partial charge in [0, 0.05) is 5.04 Å². The van der Waals surface area contributed by atoms with E-state index >= 15 is 0 Å². The first-order valence-electron chi connectivity index (χ1n) is 7.33.